The maximum atomic E-state index is 11.5. The molecule has 0 aromatic carbocycles. The normalized spacial score (nSPS) is 12.4. The third-order valence-corrected chi connectivity index (χ3v) is 3.96. The molecular formula is C15H27NO8S. The maximum Gasteiger partial charge on any atom is 0.332 e. The van der Waals surface area contributed by atoms with Crippen molar-refractivity contribution in [1.29, 1.82) is 0 Å². The zero-order valence-electron chi connectivity index (χ0n) is 14.7. The standard InChI is InChI=1S/C15H27NO8S/c1-12(17)7-8-13(24-15(19)11-23-2)5-3-4-6-14(18)16-9-10-25(20,21)22/h13H,3-11H2,1-2H3,(H,16,18)(H,20,21,22). The van der Waals surface area contributed by atoms with Crippen molar-refractivity contribution in [3.63, 3.8) is 0 Å². The van der Waals surface area contributed by atoms with Crippen LogP contribution in [0.5, 0.6) is 0 Å². The van der Waals surface area contributed by atoms with E-state index in [2.05, 4.69) is 5.32 Å². The molecule has 1 atom stereocenters. The molecule has 1 amide bonds. The Morgan fingerprint density at radius 2 is 1.80 bits per heavy atom. The molecule has 0 aliphatic carbocycles. The summed E-state index contributed by atoms with van der Waals surface area (Å²) in [6, 6.07) is 0. The number of carbonyl (C=O) groups excluding carboxylic acids is 3. The molecular weight excluding hydrogens is 354 g/mol. The van der Waals surface area contributed by atoms with E-state index >= 15 is 0 Å². The summed E-state index contributed by atoms with van der Waals surface area (Å²) < 4.78 is 39.5. The molecule has 25 heavy (non-hydrogen) atoms. The lowest BCUT2D eigenvalue weighted by atomic mass is 10.0. The zero-order valence-corrected chi connectivity index (χ0v) is 15.5. The van der Waals surface area contributed by atoms with Crippen molar-refractivity contribution in [2.45, 2.75) is 51.6 Å². The number of esters is 1. The molecule has 2 N–H and O–H groups in total. The van der Waals surface area contributed by atoms with Crippen LogP contribution in [0.15, 0.2) is 0 Å². The van der Waals surface area contributed by atoms with Gasteiger partial charge in [0.15, 0.2) is 0 Å². The van der Waals surface area contributed by atoms with Crippen molar-refractivity contribution in [2.75, 3.05) is 26.0 Å². The first-order chi connectivity index (χ1) is 11.6. The van der Waals surface area contributed by atoms with Crippen LogP contribution in [-0.4, -0.2) is 62.7 Å². The molecule has 0 bridgehead atoms. The van der Waals surface area contributed by atoms with E-state index in [0.29, 0.717) is 32.1 Å². The first kappa shape index (κ1) is 23.5. The quantitative estimate of drug-likeness (QED) is 0.252. The highest BCUT2D eigenvalue weighted by molar-refractivity contribution is 7.85. The Morgan fingerprint density at radius 1 is 1.12 bits per heavy atom. The van der Waals surface area contributed by atoms with Crippen LogP contribution in [0, 0.1) is 0 Å². The molecule has 0 saturated heterocycles. The van der Waals surface area contributed by atoms with Gasteiger partial charge in [0.05, 0.1) is 5.75 Å². The molecule has 0 saturated carbocycles. The second kappa shape index (κ2) is 12.8. The monoisotopic (exact) mass is 381 g/mol. The smallest absolute Gasteiger partial charge is 0.332 e. The van der Waals surface area contributed by atoms with Gasteiger partial charge >= 0.3 is 5.97 Å². The summed E-state index contributed by atoms with van der Waals surface area (Å²) in [5, 5.41) is 2.39. The Morgan fingerprint density at radius 3 is 2.36 bits per heavy atom. The van der Waals surface area contributed by atoms with Gasteiger partial charge in [-0.05, 0) is 32.6 Å². The lowest BCUT2D eigenvalue weighted by molar-refractivity contribution is -0.154. The van der Waals surface area contributed by atoms with Crippen molar-refractivity contribution in [2.24, 2.45) is 0 Å². The molecule has 146 valence electrons. The first-order valence-electron chi connectivity index (χ1n) is 8.03. The molecule has 10 heteroatoms. The van der Waals surface area contributed by atoms with E-state index in [4.69, 9.17) is 14.0 Å². The lowest BCUT2D eigenvalue weighted by Gasteiger charge is -2.17. The van der Waals surface area contributed by atoms with E-state index in [0.717, 1.165) is 0 Å². The summed E-state index contributed by atoms with van der Waals surface area (Å²) in [7, 11) is -2.71. The van der Waals surface area contributed by atoms with Gasteiger partial charge < -0.3 is 19.6 Å². The first-order valence-corrected chi connectivity index (χ1v) is 9.64. The van der Waals surface area contributed by atoms with E-state index in [-0.39, 0.29) is 31.3 Å². The number of ether oxygens (including phenoxy) is 2. The highest BCUT2D eigenvalue weighted by Crippen LogP contribution is 2.13. The van der Waals surface area contributed by atoms with Gasteiger partial charge in [-0.15, -0.1) is 0 Å². The summed E-state index contributed by atoms with van der Waals surface area (Å²) >= 11 is 0. The fraction of sp³-hybridized carbons (Fsp3) is 0.800. The molecule has 0 aromatic heterocycles. The van der Waals surface area contributed by atoms with Crippen LogP contribution in [0.1, 0.15) is 45.4 Å². The Balaban J connectivity index is 4.07. The van der Waals surface area contributed by atoms with Crippen LogP contribution in [-0.2, 0) is 34.0 Å². The molecule has 0 aliphatic rings. The average Bonchev–Trinajstić information content (AvgIpc) is 2.47. The topological polar surface area (TPSA) is 136 Å². The van der Waals surface area contributed by atoms with Gasteiger partial charge in [0.25, 0.3) is 10.1 Å². The lowest BCUT2D eigenvalue weighted by Crippen LogP contribution is -2.28. The minimum absolute atomic E-state index is 0.00556. The van der Waals surface area contributed by atoms with Crippen LogP contribution in [0.3, 0.4) is 0 Å². The van der Waals surface area contributed by atoms with Crippen molar-refractivity contribution >= 4 is 27.8 Å². The summed E-state index contributed by atoms with van der Waals surface area (Å²) in [6.07, 6.45) is 2.16. The SMILES string of the molecule is COCC(=O)OC(CCCCC(=O)NCCS(=O)(=O)O)CCC(C)=O. The summed E-state index contributed by atoms with van der Waals surface area (Å²) in [6.45, 7) is 1.16. The minimum atomic E-state index is -4.09. The molecule has 9 nitrogen and oxygen atoms in total. The van der Waals surface area contributed by atoms with E-state index in [1.807, 2.05) is 0 Å². The number of Topliss-reactive ketones (excluding diaryl/α,β-unsaturated/α-hetero) is 1. The van der Waals surface area contributed by atoms with Gasteiger partial charge in [-0.3, -0.25) is 9.35 Å². The number of carbonyl (C=O) groups is 3. The van der Waals surface area contributed by atoms with Gasteiger partial charge in [0.1, 0.15) is 18.5 Å². The maximum absolute atomic E-state index is 11.5. The predicted octanol–water partition coefficient (Wildman–Crippen LogP) is 0.478. The Labute approximate surface area is 148 Å². The van der Waals surface area contributed by atoms with Crippen LogP contribution < -0.4 is 5.32 Å². The van der Waals surface area contributed by atoms with Crippen LogP contribution in [0.4, 0.5) is 0 Å². The van der Waals surface area contributed by atoms with Gasteiger partial charge in [-0.1, -0.05) is 0 Å². The van der Waals surface area contributed by atoms with Crippen molar-refractivity contribution < 1.29 is 36.8 Å². The summed E-state index contributed by atoms with van der Waals surface area (Å²) in [5.41, 5.74) is 0. The van der Waals surface area contributed by atoms with Gasteiger partial charge in [-0.2, -0.15) is 8.42 Å². The van der Waals surface area contributed by atoms with Crippen LogP contribution in [0.25, 0.3) is 0 Å². The second-order valence-corrected chi connectivity index (χ2v) is 7.24. The molecule has 0 rings (SSSR count). The van der Waals surface area contributed by atoms with Gasteiger partial charge in [-0.25, -0.2) is 4.79 Å². The van der Waals surface area contributed by atoms with E-state index < -0.39 is 27.9 Å². The third kappa shape index (κ3) is 15.7. The van der Waals surface area contributed by atoms with Crippen LogP contribution >= 0.6 is 0 Å². The second-order valence-electron chi connectivity index (χ2n) is 5.67. The Hall–Kier alpha value is -1.52. The largest absolute Gasteiger partial charge is 0.461 e. The van der Waals surface area contributed by atoms with Crippen molar-refractivity contribution in [3.05, 3.63) is 0 Å². The zero-order chi connectivity index (χ0) is 19.3. The molecule has 0 aromatic rings. The molecule has 1 unspecified atom stereocenters. The molecule has 0 spiro atoms. The average molecular weight is 381 g/mol. The number of methoxy groups -OCH3 is 1. The molecule has 0 fully saturated rings. The number of nitrogens with one attached hydrogen (secondary N) is 1. The van der Waals surface area contributed by atoms with Crippen molar-refractivity contribution in [1.82, 2.24) is 5.32 Å². The number of unbranched alkanes of at least 4 members (excludes halogenated alkanes) is 1. The van der Waals surface area contributed by atoms with E-state index in [1.165, 1.54) is 14.0 Å². The predicted molar refractivity (Wildman–Crippen MR) is 89.6 cm³/mol. The number of rotatable bonds is 14. The fourth-order valence-electron chi connectivity index (χ4n) is 2.03. The molecule has 0 radical (unpaired) electrons. The fourth-order valence-corrected chi connectivity index (χ4v) is 2.39. The summed E-state index contributed by atoms with van der Waals surface area (Å²) in [5.74, 6) is -1.34. The number of hydrogen-bond acceptors (Lipinski definition) is 7. The summed E-state index contributed by atoms with van der Waals surface area (Å²) in [4.78, 5) is 34.1. The van der Waals surface area contributed by atoms with Crippen molar-refractivity contribution in [3.8, 4) is 0 Å². The van der Waals surface area contributed by atoms with Crippen LogP contribution in [0.2, 0.25) is 0 Å². The highest BCUT2D eigenvalue weighted by Gasteiger charge is 2.15. The highest BCUT2D eigenvalue weighted by atomic mass is 32.2. The third-order valence-electron chi connectivity index (χ3n) is 3.24. The van der Waals surface area contributed by atoms with Gasteiger partial charge in [0, 0.05) is 26.5 Å². The number of ketones is 1. The Bertz CT molecular complexity index is 532. The van der Waals surface area contributed by atoms with E-state index in [1.54, 1.807) is 0 Å². The van der Waals surface area contributed by atoms with E-state index in [9.17, 15) is 22.8 Å². The number of amides is 1. The van der Waals surface area contributed by atoms with Gasteiger partial charge in [0.2, 0.25) is 5.91 Å². The molecule has 0 aliphatic heterocycles. The Kier molecular flexibility index (Phi) is 12.0. The molecule has 0 heterocycles. The number of hydrogen-bond donors (Lipinski definition) is 2. The minimum Gasteiger partial charge on any atom is -0.461 e.